The summed E-state index contributed by atoms with van der Waals surface area (Å²) in [7, 11) is 0. The van der Waals surface area contributed by atoms with Gasteiger partial charge < -0.3 is 10.2 Å². The SMILES string of the molecule is C[C@@H]1C[C@@H](C)CN(C(=S)NC2CC2)C1. The molecule has 2 aliphatic rings. The zero-order chi connectivity index (χ0) is 10.1. The molecule has 1 aliphatic heterocycles. The van der Waals surface area contributed by atoms with Crippen LogP contribution in [0.4, 0.5) is 0 Å². The monoisotopic (exact) mass is 212 g/mol. The molecule has 0 unspecified atom stereocenters. The summed E-state index contributed by atoms with van der Waals surface area (Å²) in [5, 5.41) is 4.41. The van der Waals surface area contributed by atoms with Crippen molar-refractivity contribution in [3.05, 3.63) is 0 Å². The van der Waals surface area contributed by atoms with E-state index in [9.17, 15) is 0 Å². The largest absolute Gasteiger partial charge is 0.360 e. The molecule has 0 amide bonds. The molecule has 80 valence electrons. The lowest BCUT2D eigenvalue weighted by Gasteiger charge is -2.36. The van der Waals surface area contributed by atoms with Crippen LogP contribution >= 0.6 is 12.2 Å². The van der Waals surface area contributed by atoms with E-state index >= 15 is 0 Å². The summed E-state index contributed by atoms with van der Waals surface area (Å²) >= 11 is 5.41. The number of piperidine rings is 1. The number of hydrogen-bond acceptors (Lipinski definition) is 1. The second-order valence-corrected chi connectivity index (χ2v) is 5.46. The van der Waals surface area contributed by atoms with Crippen molar-refractivity contribution >= 4 is 17.3 Å². The minimum absolute atomic E-state index is 0.690. The lowest BCUT2D eigenvalue weighted by Crippen LogP contribution is -2.47. The minimum Gasteiger partial charge on any atom is -0.360 e. The summed E-state index contributed by atoms with van der Waals surface area (Å²) in [6, 6.07) is 0.690. The summed E-state index contributed by atoms with van der Waals surface area (Å²) < 4.78 is 0. The Kier molecular flexibility index (Phi) is 2.96. The molecule has 1 saturated carbocycles. The molecule has 2 rings (SSSR count). The molecule has 0 aromatic heterocycles. The van der Waals surface area contributed by atoms with E-state index in [2.05, 4.69) is 24.1 Å². The number of nitrogens with one attached hydrogen (secondary N) is 1. The van der Waals surface area contributed by atoms with Crippen LogP contribution in [0.2, 0.25) is 0 Å². The topological polar surface area (TPSA) is 15.3 Å². The first-order chi connectivity index (χ1) is 6.65. The van der Waals surface area contributed by atoms with Gasteiger partial charge in [0, 0.05) is 19.1 Å². The highest BCUT2D eigenvalue weighted by Crippen LogP contribution is 2.23. The van der Waals surface area contributed by atoms with Crippen LogP contribution in [0.1, 0.15) is 33.1 Å². The molecule has 2 fully saturated rings. The number of likely N-dealkylation sites (tertiary alicyclic amines) is 1. The van der Waals surface area contributed by atoms with Crippen molar-refractivity contribution in [2.75, 3.05) is 13.1 Å². The molecule has 1 N–H and O–H groups in total. The average Bonchev–Trinajstić information content (AvgIpc) is 2.86. The van der Waals surface area contributed by atoms with Crippen LogP contribution in [0.15, 0.2) is 0 Å². The van der Waals surface area contributed by atoms with Gasteiger partial charge in [-0.15, -0.1) is 0 Å². The maximum Gasteiger partial charge on any atom is 0.169 e. The zero-order valence-electron chi connectivity index (χ0n) is 9.12. The van der Waals surface area contributed by atoms with Crippen LogP contribution in [0.3, 0.4) is 0 Å². The number of hydrogen-bond donors (Lipinski definition) is 1. The maximum absolute atomic E-state index is 5.41. The number of thiocarbonyl (C=S) groups is 1. The molecule has 2 atom stereocenters. The standard InChI is InChI=1S/C11H20N2S/c1-8-5-9(2)7-13(6-8)11(14)12-10-3-4-10/h8-10H,3-7H2,1-2H3,(H,12,14)/t8-,9-/m1/s1. The predicted molar refractivity (Wildman–Crippen MR) is 63.3 cm³/mol. The Hall–Kier alpha value is -0.310. The third-order valence-electron chi connectivity index (χ3n) is 3.06. The maximum atomic E-state index is 5.41. The van der Waals surface area contributed by atoms with Gasteiger partial charge >= 0.3 is 0 Å². The molecule has 0 aromatic carbocycles. The molecule has 3 heteroatoms. The molecular formula is C11H20N2S. The molecule has 0 spiro atoms. The van der Waals surface area contributed by atoms with Crippen molar-refractivity contribution < 1.29 is 0 Å². The van der Waals surface area contributed by atoms with E-state index in [1.54, 1.807) is 0 Å². The summed E-state index contributed by atoms with van der Waals surface area (Å²) in [6.07, 6.45) is 3.96. The Balaban J connectivity index is 1.85. The lowest BCUT2D eigenvalue weighted by atomic mass is 9.92. The fourth-order valence-corrected chi connectivity index (χ4v) is 2.64. The summed E-state index contributed by atoms with van der Waals surface area (Å²) in [6.45, 7) is 6.93. The van der Waals surface area contributed by atoms with Gasteiger partial charge in [-0.25, -0.2) is 0 Å². The van der Waals surface area contributed by atoms with E-state index in [4.69, 9.17) is 12.2 Å². The number of rotatable bonds is 1. The minimum atomic E-state index is 0.690. The van der Waals surface area contributed by atoms with Crippen LogP contribution in [-0.2, 0) is 0 Å². The van der Waals surface area contributed by atoms with Crippen molar-refractivity contribution in [3.8, 4) is 0 Å². The first kappa shape index (κ1) is 10.2. The van der Waals surface area contributed by atoms with Crippen LogP contribution in [0, 0.1) is 11.8 Å². The van der Waals surface area contributed by atoms with Crippen molar-refractivity contribution in [2.45, 2.75) is 39.2 Å². The van der Waals surface area contributed by atoms with Crippen molar-refractivity contribution in [3.63, 3.8) is 0 Å². The molecule has 0 radical (unpaired) electrons. The van der Waals surface area contributed by atoms with Crippen LogP contribution in [0.5, 0.6) is 0 Å². The van der Waals surface area contributed by atoms with Gasteiger partial charge in [-0.05, 0) is 43.3 Å². The molecular weight excluding hydrogens is 192 g/mol. The molecule has 1 heterocycles. The molecule has 14 heavy (non-hydrogen) atoms. The third-order valence-corrected chi connectivity index (χ3v) is 3.44. The Bertz CT molecular complexity index is 215. The first-order valence-electron chi connectivity index (χ1n) is 5.70. The van der Waals surface area contributed by atoms with E-state index in [0.717, 1.165) is 30.0 Å². The summed E-state index contributed by atoms with van der Waals surface area (Å²) in [4.78, 5) is 2.35. The molecule has 2 nitrogen and oxygen atoms in total. The molecule has 0 bridgehead atoms. The molecule has 1 aliphatic carbocycles. The Morgan fingerprint density at radius 1 is 1.21 bits per heavy atom. The summed E-state index contributed by atoms with van der Waals surface area (Å²) in [5.41, 5.74) is 0. The van der Waals surface area contributed by atoms with E-state index in [-0.39, 0.29) is 0 Å². The third kappa shape index (κ3) is 2.59. The quantitative estimate of drug-likeness (QED) is 0.669. The van der Waals surface area contributed by atoms with Gasteiger partial charge in [0.1, 0.15) is 0 Å². The highest BCUT2D eigenvalue weighted by molar-refractivity contribution is 7.80. The van der Waals surface area contributed by atoms with Gasteiger partial charge in [0.15, 0.2) is 5.11 Å². The van der Waals surface area contributed by atoms with Gasteiger partial charge in [0.2, 0.25) is 0 Å². The Morgan fingerprint density at radius 2 is 1.79 bits per heavy atom. The zero-order valence-corrected chi connectivity index (χ0v) is 9.94. The fourth-order valence-electron chi connectivity index (χ4n) is 2.32. The van der Waals surface area contributed by atoms with Gasteiger partial charge in [0.05, 0.1) is 0 Å². The van der Waals surface area contributed by atoms with E-state index < -0.39 is 0 Å². The van der Waals surface area contributed by atoms with E-state index in [1.165, 1.54) is 19.3 Å². The predicted octanol–water partition coefficient (Wildman–Crippen LogP) is 2.00. The van der Waals surface area contributed by atoms with Gasteiger partial charge in [-0.2, -0.15) is 0 Å². The van der Waals surface area contributed by atoms with Gasteiger partial charge in [-0.1, -0.05) is 13.8 Å². The van der Waals surface area contributed by atoms with Crippen LogP contribution in [0.25, 0.3) is 0 Å². The van der Waals surface area contributed by atoms with Crippen molar-refractivity contribution in [1.29, 1.82) is 0 Å². The smallest absolute Gasteiger partial charge is 0.169 e. The second kappa shape index (κ2) is 4.05. The van der Waals surface area contributed by atoms with Crippen molar-refractivity contribution in [1.82, 2.24) is 10.2 Å². The normalized spacial score (nSPS) is 32.9. The number of nitrogens with zero attached hydrogens (tertiary/aromatic N) is 1. The lowest BCUT2D eigenvalue weighted by molar-refractivity contribution is 0.212. The second-order valence-electron chi connectivity index (χ2n) is 5.07. The average molecular weight is 212 g/mol. The highest BCUT2D eigenvalue weighted by atomic mass is 32.1. The van der Waals surface area contributed by atoms with Crippen LogP contribution in [-0.4, -0.2) is 29.1 Å². The van der Waals surface area contributed by atoms with E-state index in [0.29, 0.717) is 6.04 Å². The van der Waals surface area contributed by atoms with Gasteiger partial charge in [-0.3, -0.25) is 0 Å². The van der Waals surface area contributed by atoms with Gasteiger partial charge in [0.25, 0.3) is 0 Å². The Morgan fingerprint density at radius 3 is 2.29 bits per heavy atom. The first-order valence-corrected chi connectivity index (χ1v) is 6.11. The van der Waals surface area contributed by atoms with Crippen LogP contribution < -0.4 is 5.32 Å². The highest BCUT2D eigenvalue weighted by Gasteiger charge is 2.27. The fraction of sp³-hybridized carbons (Fsp3) is 0.909. The Labute approximate surface area is 92.0 Å². The molecule has 0 aromatic rings. The summed E-state index contributed by atoms with van der Waals surface area (Å²) in [5.74, 6) is 1.58. The van der Waals surface area contributed by atoms with E-state index in [1.807, 2.05) is 0 Å². The molecule has 1 saturated heterocycles. The van der Waals surface area contributed by atoms with Crippen molar-refractivity contribution in [2.24, 2.45) is 11.8 Å².